The Hall–Kier alpha value is -1.62. The first-order chi connectivity index (χ1) is 12.5. The lowest BCUT2D eigenvalue weighted by Crippen LogP contribution is -2.38. The van der Waals surface area contributed by atoms with Gasteiger partial charge in [-0.3, -0.25) is 4.79 Å². The van der Waals surface area contributed by atoms with Gasteiger partial charge in [-0.2, -0.15) is 0 Å². The molecule has 0 bridgehead atoms. The minimum absolute atomic E-state index is 0. The summed E-state index contributed by atoms with van der Waals surface area (Å²) in [7, 11) is 0. The van der Waals surface area contributed by atoms with Gasteiger partial charge in [0.25, 0.3) is 0 Å². The maximum atomic E-state index is 12.0. The number of aromatic nitrogens is 1. The van der Waals surface area contributed by atoms with Crippen molar-refractivity contribution >= 4 is 57.5 Å². The molecule has 0 unspecified atom stereocenters. The van der Waals surface area contributed by atoms with Crippen LogP contribution in [0.15, 0.2) is 38.1 Å². The number of carbonyl (C=O) groups is 1. The molecular formula is C18H25BrIN5O2. The van der Waals surface area contributed by atoms with E-state index in [4.69, 9.17) is 4.42 Å². The first kappa shape index (κ1) is 23.4. The number of hydrogen-bond acceptors (Lipinski definition) is 4. The molecule has 0 radical (unpaired) electrons. The smallest absolute Gasteiger partial charge is 0.226 e. The average Bonchev–Trinajstić information content (AvgIpc) is 2.93. The van der Waals surface area contributed by atoms with Crippen molar-refractivity contribution in [2.45, 2.75) is 33.7 Å². The second-order valence-electron chi connectivity index (χ2n) is 5.68. The molecule has 0 fully saturated rings. The fraction of sp³-hybridized carbons (Fsp3) is 0.389. The predicted molar refractivity (Wildman–Crippen MR) is 122 cm³/mol. The van der Waals surface area contributed by atoms with Crippen LogP contribution < -0.4 is 16.0 Å². The largest absolute Gasteiger partial charge is 0.444 e. The highest BCUT2D eigenvalue weighted by Gasteiger charge is 2.06. The number of aryl methyl sites for hydroxylation is 2. The summed E-state index contributed by atoms with van der Waals surface area (Å²) >= 11 is 3.37. The zero-order valence-corrected chi connectivity index (χ0v) is 19.6. The van der Waals surface area contributed by atoms with E-state index in [9.17, 15) is 4.79 Å². The Morgan fingerprint density at radius 2 is 1.93 bits per heavy atom. The number of oxazole rings is 1. The molecule has 27 heavy (non-hydrogen) atoms. The molecule has 1 aromatic heterocycles. The van der Waals surface area contributed by atoms with Crippen molar-refractivity contribution in [3.8, 4) is 0 Å². The number of halogens is 2. The molecule has 9 heteroatoms. The minimum atomic E-state index is -0.0605. The molecule has 7 nitrogen and oxygen atoms in total. The van der Waals surface area contributed by atoms with Crippen molar-refractivity contribution in [2.75, 3.05) is 18.4 Å². The minimum Gasteiger partial charge on any atom is -0.444 e. The van der Waals surface area contributed by atoms with Crippen LogP contribution in [0.1, 0.15) is 30.7 Å². The Bertz CT molecular complexity index is 742. The Balaban J connectivity index is 0.00000364. The standard InChI is InChI=1S/C18H24BrN5O2.HI/c1-4-20-18(22-11-17-23-12(2)13(3)26-17)21-10-9-16(25)24-15-7-5-14(19)6-8-15;/h5-8H,4,9-11H2,1-3H3,(H,24,25)(H2,20,21,22);1H. The van der Waals surface area contributed by atoms with Crippen LogP contribution in [0, 0.1) is 13.8 Å². The van der Waals surface area contributed by atoms with Crippen LogP contribution in [0.2, 0.25) is 0 Å². The van der Waals surface area contributed by atoms with Crippen molar-refractivity contribution < 1.29 is 9.21 Å². The third-order valence-electron chi connectivity index (χ3n) is 3.56. The van der Waals surface area contributed by atoms with Gasteiger partial charge in [0.1, 0.15) is 12.3 Å². The van der Waals surface area contributed by atoms with Gasteiger partial charge in [-0.25, -0.2) is 9.98 Å². The molecular weight excluding hydrogens is 525 g/mol. The van der Waals surface area contributed by atoms with Crippen LogP contribution in [-0.2, 0) is 11.3 Å². The molecule has 0 saturated carbocycles. The summed E-state index contributed by atoms with van der Waals surface area (Å²) in [5.74, 6) is 1.94. The Kier molecular flexibility index (Phi) is 10.4. The van der Waals surface area contributed by atoms with E-state index in [1.165, 1.54) is 0 Å². The van der Waals surface area contributed by atoms with Crippen molar-refractivity contribution in [3.63, 3.8) is 0 Å². The molecule has 1 heterocycles. The topological polar surface area (TPSA) is 91.6 Å². The highest BCUT2D eigenvalue weighted by atomic mass is 127. The van der Waals surface area contributed by atoms with E-state index in [1.54, 1.807) is 0 Å². The number of rotatable bonds is 7. The summed E-state index contributed by atoms with van der Waals surface area (Å²) in [6, 6.07) is 7.47. The Labute approximate surface area is 185 Å². The normalized spacial score (nSPS) is 10.9. The molecule has 148 valence electrons. The van der Waals surface area contributed by atoms with E-state index in [-0.39, 0.29) is 29.9 Å². The summed E-state index contributed by atoms with van der Waals surface area (Å²) in [4.78, 5) is 20.7. The first-order valence-corrected chi connectivity index (χ1v) is 9.27. The zero-order chi connectivity index (χ0) is 18.9. The summed E-state index contributed by atoms with van der Waals surface area (Å²) in [5.41, 5.74) is 1.64. The number of guanidine groups is 1. The van der Waals surface area contributed by atoms with Crippen molar-refractivity contribution in [3.05, 3.63) is 46.1 Å². The molecule has 0 aliphatic heterocycles. The summed E-state index contributed by atoms with van der Waals surface area (Å²) < 4.78 is 6.49. The van der Waals surface area contributed by atoms with Gasteiger partial charge in [0, 0.05) is 29.7 Å². The fourth-order valence-electron chi connectivity index (χ4n) is 2.15. The van der Waals surface area contributed by atoms with Gasteiger partial charge in [-0.05, 0) is 45.0 Å². The molecule has 3 N–H and O–H groups in total. The number of benzene rings is 1. The zero-order valence-electron chi connectivity index (χ0n) is 15.6. The fourth-order valence-corrected chi connectivity index (χ4v) is 2.41. The van der Waals surface area contributed by atoms with E-state index in [0.29, 0.717) is 31.4 Å². The maximum absolute atomic E-state index is 12.0. The van der Waals surface area contributed by atoms with Crippen LogP contribution in [0.5, 0.6) is 0 Å². The number of amides is 1. The number of nitrogens with one attached hydrogen (secondary N) is 3. The highest BCUT2D eigenvalue weighted by Crippen LogP contribution is 2.14. The monoisotopic (exact) mass is 549 g/mol. The molecule has 2 rings (SSSR count). The van der Waals surface area contributed by atoms with E-state index in [1.807, 2.05) is 45.0 Å². The van der Waals surface area contributed by atoms with Crippen molar-refractivity contribution in [1.82, 2.24) is 15.6 Å². The van der Waals surface area contributed by atoms with Crippen LogP contribution in [0.25, 0.3) is 0 Å². The summed E-state index contributed by atoms with van der Waals surface area (Å²) in [5, 5.41) is 9.13. The number of hydrogen-bond donors (Lipinski definition) is 3. The molecule has 2 aromatic rings. The van der Waals surface area contributed by atoms with Gasteiger partial charge in [0.05, 0.1) is 5.69 Å². The van der Waals surface area contributed by atoms with Crippen LogP contribution in [0.4, 0.5) is 5.69 Å². The van der Waals surface area contributed by atoms with Crippen molar-refractivity contribution in [1.29, 1.82) is 0 Å². The van der Waals surface area contributed by atoms with E-state index < -0.39 is 0 Å². The van der Waals surface area contributed by atoms with E-state index >= 15 is 0 Å². The van der Waals surface area contributed by atoms with Gasteiger partial charge < -0.3 is 20.4 Å². The molecule has 1 aromatic carbocycles. The highest BCUT2D eigenvalue weighted by molar-refractivity contribution is 14.0. The van der Waals surface area contributed by atoms with Crippen LogP contribution >= 0.6 is 39.9 Å². The molecule has 0 saturated heterocycles. The third kappa shape index (κ3) is 8.29. The van der Waals surface area contributed by atoms with Gasteiger partial charge in [-0.15, -0.1) is 24.0 Å². The summed E-state index contributed by atoms with van der Waals surface area (Å²) in [6.45, 7) is 7.30. The summed E-state index contributed by atoms with van der Waals surface area (Å²) in [6.07, 6.45) is 0.331. The van der Waals surface area contributed by atoms with Crippen LogP contribution in [-0.4, -0.2) is 29.9 Å². The third-order valence-corrected chi connectivity index (χ3v) is 4.09. The number of nitrogens with zero attached hydrogens (tertiary/aromatic N) is 2. The second-order valence-corrected chi connectivity index (χ2v) is 6.59. The van der Waals surface area contributed by atoms with Crippen LogP contribution in [0.3, 0.4) is 0 Å². The predicted octanol–water partition coefficient (Wildman–Crippen LogP) is 3.76. The van der Waals surface area contributed by atoms with Gasteiger partial charge >= 0.3 is 0 Å². The first-order valence-electron chi connectivity index (χ1n) is 8.48. The Morgan fingerprint density at radius 1 is 1.22 bits per heavy atom. The number of carbonyl (C=O) groups excluding carboxylic acids is 1. The SMILES string of the molecule is CCNC(=NCc1nc(C)c(C)o1)NCCC(=O)Nc1ccc(Br)cc1.I. The lowest BCUT2D eigenvalue weighted by molar-refractivity contribution is -0.116. The second kappa shape index (κ2) is 12.0. The Morgan fingerprint density at radius 3 is 2.52 bits per heavy atom. The number of aliphatic imine (C=N–C) groups is 1. The van der Waals surface area contributed by atoms with Gasteiger partial charge in [0.15, 0.2) is 5.96 Å². The molecule has 1 amide bonds. The molecule has 0 spiro atoms. The van der Waals surface area contributed by atoms with E-state index in [0.717, 1.165) is 28.2 Å². The van der Waals surface area contributed by atoms with Crippen molar-refractivity contribution in [2.24, 2.45) is 4.99 Å². The quantitative estimate of drug-likeness (QED) is 0.278. The van der Waals surface area contributed by atoms with Gasteiger partial charge in [-0.1, -0.05) is 15.9 Å². The molecule has 0 atom stereocenters. The molecule has 0 aliphatic rings. The van der Waals surface area contributed by atoms with E-state index in [2.05, 4.69) is 41.9 Å². The van der Waals surface area contributed by atoms with Gasteiger partial charge in [0.2, 0.25) is 11.8 Å². The average molecular weight is 550 g/mol. The lowest BCUT2D eigenvalue weighted by atomic mass is 10.3. The maximum Gasteiger partial charge on any atom is 0.226 e. The molecule has 0 aliphatic carbocycles. The lowest BCUT2D eigenvalue weighted by Gasteiger charge is -2.11. The number of anilines is 1.